The molecule has 130 valence electrons. The fourth-order valence-electron chi connectivity index (χ4n) is 3.11. The van der Waals surface area contributed by atoms with E-state index in [-0.39, 0.29) is 6.10 Å². The average Bonchev–Trinajstić information content (AvgIpc) is 2.93. The number of anilines is 1. The van der Waals surface area contributed by atoms with Crippen LogP contribution in [0.25, 0.3) is 11.2 Å². The zero-order chi connectivity index (χ0) is 16.5. The average molecular weight is 338 g/mol. The van der Waals surface area contributed by atoms with Gasteiger partial charge in [0.05, 0.1) is 24.6 Å². The lowest BCUT2D eigenvalue weighted by Crippen LogP contribution is -2.51. The first-order chi connectivity index (χ1) is 11.7. The third kappa shape index (κ3) is 3.18. The van der Waals surface area contributed by atoms with E-state index in [2.05, 4.69) is 25.3 Å². The molecule has 0 spiro atoms. The SMILES string of the molecule is FC(F)Cn1ncc2ncc(N3CCC(OC4CNC4)CC3)nc21. The minimum atomic E-state index is -2.47. The van der Waals surface area contributed by atoms with E-state index in [1.165, 1.54) is 10.9 Å². The molecule has 4 rings (SSSR count). The van der Waals surface area contributed by atoms with E-state index in [4.69, 9.17) is 4.74 Å². The first-order valence-corrected chi connectivity index (χ1v) is 8.27. The summed E-state index contributed by atoms with van der Waals surface area (Å²) in [5, 5.41) is 7.15. The fraction of sp³-hybridized carbons (Fsp3) is 0.667. The van der Waals surface area contributed by atoms with Gasteiger partial charge in [-0.05, 0) is 12.8 Å². The fourth-order valence-corrected chi connectivity index (χ4v) is 3.11. The van der Waals surface area contributed by atoms with E-state index in [1.807, 2.05) is 0 Å². The predicted molar refractivity (Wildman–Crippen MR) is 84.3 cm³/mol. The summed E-state index contributed by atoms with van der Waals surface area (Å²) in [6.07, 6.45) is 3.21. The van der Waals surface area contributed by atoms with E-state index in [1.54, 1.807) is 6.20 Å². The van der Waals surface area contributed by atoms with Crippen LogP contribution in [0, 0.1) is 0 Å². The molecule has 0 aliphatic carbocycles. The number of aromatic nitrogens is 4. The maximum atomic E-state index is 12.6. The van der Waals surface area contributed by atoms with Gasteiger partial charge < -0.3 is 15.0 Å². The zero-order valence-corrected chi connectivity index (χ0v) is 13.2. The van der Waals surface area contributed by atoms with Crippen LogP contribution in [0.15, 0.2) is 12.4 Å². The molecule has 2 fully saturated rings. The number of hydrogen-bond donors (Lipinski definition) is 1. The van der Waals surface area contributed by atoms with Crippen LogP contribution >= 0.6 is 0 Å². The molecule has 24 heavy (non-hydrogen) atoms. The molecular formula is C15H20F2N6O. The van der Waals surface area contributed by atoms with Gasteiger partial charge >= 0.3 is 0 Å². The van der Waals surface area contributed by atoms with Crippen LogP contribution < -0.4 is 10.2 Å². The maximum absolute atomic E-state index is 12.6. The highest BCUT2D eigenvalue weighted by Gasteiger charge is 2.26. The summed E-state index contributed by atoms with van der Waals surface area (Å²) in [7, 11) is 0. The molecule has 1 N–H and O–H groups in total. The van der Waals surface area contributed by atoms with Crippen molar-refractivity contribution in [1.82, 2.24) is 25.1 Å². The van der Waals surface area contributed by atoms with Gasteiger partial charge in [0.1, 0.15) is 17.9 Å². The first kappa shape index (κ1) is 15.6. The number of rotatable bonds is 5. The Morgan fingerprint density at radius 2 is 2.00 bits per heavy atom. The van der Waals surface area contributed by atoms with Crippen molar-refractivity contribution in [2.24, 2.45) is 0 Å². The summed E-state index contributed by atoms with van der Waals surface area (Å²) >= 11 is 0. The Kier molecular flexibility index (Phi) is 4.28. The molecule has 2 aromatic heterocycles. The van der Waals surface area contributed by atoms with Gasteiger partial charge in [0.15, 0.2) is 5.65 Å². The Morgan fingerprint density at radius 1 is 1.21 bits per heavy atom. The van der Waals surface area contributed by atoms with Gasteiger partial charge in [0.25, 0.3) is 6.43 Å². The number of fused-ring (bicyclic) bond motifs is 1. The van der Waals surface area contributed by atoms with E-state index in [0.717, 1.165) is 39.0 Å². The van der Waals surface area contributed by atoms with Crippen molar-refractivity contribution < 1.29 is 13.5 Å². The molecule has 7 nitrogen and oxygen atoms in total. The number of alkyl halides is 2. The van der Waals surface area contributed by atoms with Crippen molar-refractivity contribution >= 4 is 17.0 Å². The molecule has 2 aliphatic heterocycles. The van der Waals surface area contributed by atoms with Crippen molar-refractivity contribution in [2.75, 3.05) is 31.1 Å². The van der Waals surface area contributed by atoms with E-state index >= 15 is 0 Å². The van der Waals surface area contributed by atoms with Crippen LogP contribution in [0.3, 0.4) is 0 Å². The summed E-state index contributed by atoms with van der Waals surface area (Å²) < 4.78 is 32.5. The number of piperidine rings is 1. The van der Waals surface area contributed by atoms with Crippen molar-refractivity contribution in [3.63, 3.8) is 0 Å². The molecule has 0 unspecified atom stereocenters. The second kappa shape index (κ2) is 6.56. The van der Waals surface area contributed by atoms with Crippen LogP contribution in [-0.2, 0) is 11.3 Å². The quantitative estimate of drug-likeness (QED) is 0.879. The van der Waals surface area contributed by atoms with Crippen molar-refractivity contribution in [3.8, 4) is 0 Å². The highest BCUT2D eigenvalue weighted by atomic mass is 19.3. The van der Waals surface area contributed by atoms with Gasteiger partial charge in [0, 0.05) is 26.2 Å². The summed E-state index contributed by atoms with van der Waals surface area (Å²) in [5.41, 5.74) is 0.946. The van der Waals surface area contributed by atoms with Crippen LogP contribution in [0.5, 0.6) is 0 Å². The molecule has 0 radical (unpaired) electrons. The molecule has 0 aromatic carbocycles. The smallest absolute Gasteiger partial charge is 0.258 e. The van der Waals surface area contributed by atoms with Crippen molar-refractivity contribution in [1.29, 1.82) is 0 Å². The van der Waals surface area contributed by atoms with Crippen molar-refractivity contribution in [2.45, 2.75) is 38.0 Å². The second-order valence-corrected chi connectivity index (χ2v) is 6.26. The Bertz CT molecular complexity index is 696. The van der Waals surface area contributed by atoms with Gasteiger partial charge in [-0.15, -0.1) is 0 Å². The van der Waals surface area contributed by atoms with Gasteiger partial charge in [-0.2, -0.15) is 5.10 Å². The molecule has 2 aromatic rings. The van der Waals surface area contributed by atoms with E-state index in [0.29, 0.717) is 23.1 Å². The number of halogens is 2. The lowest BCUT2D eigenvalue weighted by Gasteiger charge is -2.37. The number of ether oxygens (including phenoxy) is 1. The van der Waals surface area contributed by atoms with Gasteiger partial charge in [-0.1, -0.05) is 0 Å². The molecule has 9 heteroatoms. The number of nitrogens with one attached hydrogen (secondary N) is 1. The van der Waals surface area contributed by atoms with Crippen LogP contribution in [0.1, 0.15) is 12.8 Å². The highest BCUT2D eigenvalue weighted by Crippen LogP contribution is 2.22. The minimum Gasteiger partial charge on any atom is -0.372 e. The molecule has 2 aliphatic rings. The van der Waals surface area contributed by atoms with Gasteiger partial charge in [-0.25, -0.2) is 23.4 Å². The van der Waals surface area contributed by atoms with Gasteiger partial charge in [0.2, 0.25) is 0 Å². The summed E-state index contributed by atoms with van der Waals surface area (Å²) in [5.74, 6) is 0.710. The number of nitrogens with zero attached hydrogens (tertiary/aromatic N) is 5. The van der Waals surface area contributed by atoms with Gasteiger partial charge in [-0.3, -0.25) is 0 Å². The molecule has 0 bridgehead atoms. The Balaban J connectivity index is 1.44. The van der Waals surface area contributed by atoms with Crippen LogP contribution in [0.2, 0.25) is 0 Å². The van der Waals surface area contributed by atoms with Crippen molar-refractivity contribution in [3.05, 3.63) is 12.4 Å². The largest absolute Gasteiger partial charge is 0.372 e. The topological polar surface area (TPSA) is 68.1 Å². The Morgan fingerprint density at radius 3 is 2.67 bits per heavy atom. The van der Waals surface area contributed by atoms with E-state index < -0.39 is 13.0 Å². The Labute approximate surface area is 138 Å². The first-order valence-electron chi connectivity index (χ1n) is 8.27. The molecule has 4 heterocycles. The summed E-state index contributed by atoms with van der Waals surface area (Å²) in [6, 6.07) is 0. The third-order valence-corrected chi connectivity index (χ3v) is 4.54. The second-order valence-electron chi connectivity index (χ2n) is 6.26. The molecule has 0 atom stereocenters. The molecule has 0 saturated carbocycles. The zero-order valence-electron chi connectivity index (χ0n) is 13.2. The highest BCUT2D eigenvalue weighted by molar-refractivity contribution is 5.71. The molecule has 0 amide bonds. The van der Waals surface area contributed by atoms with E-state index in [9.17, 15) is 8.78 Å². The summed E-state index contributed by atoms with van der Waals surface area (Å²) in [4.78, 5) is 10.9. The third-order valence-electron chi connectivity index (χ3n) is 4.54. The number of hydrogen-bond acceptors (Lipinski definition) is 6. The lowest BCUT2D eigenvalue weighted by atomic mass is 10.1. The monoisotopic (exact) mass is 338 g/mol. The Hall–Kier alpha value is -1.87. The maximum Gasteiger partial charge on any atom is 0.258 e. The van der Waals surface area contributed by atoms with Crippen LogP contribution in [0.4, 0.5) is 14.6 Å². The normalized spacial score (nSPS) is 20.0. The predicted octanol–water partition coefficient (Wildman–Crippen LogP) is 1.05. The molecule has 2 saturated heterocycles. The lowest BCUT2D eigenvalue weighted by molar-refractivity contribution is -0.0467. The summed E-state index contributed by atoms with van der Waals surface area (Å²) in [6.45, 7) is 3.07. The standard InChI is InChI=1S/C15H20F2N6O/c16-13(17)9-23-15-12(7-20-23)19-8-14(21-15)22-3-1-10(2-4-22)24-11-5-18-6-11/h7-8,10-11,13,18H,1-6,9H2. The minimum absolute atomic E-state index is 0.286. The van der Waals surface area contributed by atoms with Crippen LogP contribution in [-0.4, -0.2) is 64.6 Å². The molecular weight excluding hydrogens is 318 g/mol.